The summed E-state index contributed by atoms with van der Waals surface area (Å²) in [5, 5.41) is 4.73. The quantitative estimate of drug-likeness (QED) is 0.838. The van der Waals surface area contributed by atoms with Gasteiger partial charge >= 0.3 is 0 Å². The zero-order chi connectivity index (χ0) is 13.9. The molecule has 1 unspecified atom stereocenters. The van der Waals surface area contributed by atoms with E-state index in [9.17, 15) is 0 Å². The van der Waals surface area contributed by atoms with Crippen LogP contribution >= 0.6 is 0 Å². The first-order valence-corrected chi connectivity index (χ1v) is 7.36. The van der Waals surface area contributed by atoms with Crippen LogP contribution in [0.25, 0.3) is 10.9 Å². The van der Waals surface area contributed by atoms with Gasteiger partial charge < -0.3 is 16.0 Å². The van der Waals surface area contributed by atoms with Gasteiger partial charge in [-0.15, -0.1) is 0 Å². The van der Waals surface area contributed by atoms with Crippen LogP contribution in [0.2, 0.25) is 0 Å². The van der Waals surface area contributed by atoms with E-state index in [0.717, 1.165) is 41.3 Å². The lowest BCUT2D eigenvalue weighted by Crippen LogP contribution is -2.22. The van der Waals surface area contributed by atoms with Crippen molar-refractivity contribution in [1.82, 2.24) is 9.88 Å². The van der Waals surface area contributed by atoms with Crippen LogP contribution in [0.5, 0.6) is 0 Å². The van der Waals surface area contributed by atoms with Gasteiger partial charge in [0.25, 0.3) is 0 Å². The summed E-state index contributed by atoms with van der Waals surface area (Å²) in [6.45, 7) is 6.86. The Labute approximate surface area is 120 Å². The van der Waals surface area contributed by atoms with Crippen molar-refractivity contribution in [2.24, 2.45) is 5.92 Å². The number of aromatic nitrogens is 1. The van der Waals surface area contributed by atoms with Crippen LogP contribution in [0.4, 0.5) is 11.4 Å². The molecule has 0 bridgehead atoms. The van der Waals surface area contributed by atoms with Crippen molar-refractivity contribution < 1.29 is 0 Å². The van der Waals surface area contributed by atoms with Crippen molar-refractivity contribution in [3.8, 4) is 0 Å². The molecule has 1 aliphatic rings. The Balaban J connectivity index is 1.72. The fourth-order valence-electron chi connectivity index (χ4n) is 2.94. The molecule has 4 heteroatoms. The van der Waals surface area contributed by atoms with E-state index in [1.54, 1.807) is 0 Å². The molecule has 1 aliphatic heterocycles. The normalized spacial score (nSPS) is 19.6. The predicted molar refractivity (Wildman–Crippen MR) is 84.9 cm³/mol. The maximum absolute atomic E-state index is 5.81. The summed E-state index contributed by atoms with van der Waals surface area (Å²) in [4.78, 5) is 6.89. The van der Waals surface area contributed by atoms with Gasteiger partial charge in [-0.2, -0.15) is 0 Å². The number of nitrogens with one attached hydrogen (secondary N) is 1. The molecule has 1 aromatic heterocycles. The number of benzene rings is 1. The zero-order valence-corrected chi connectivity index (χ0v) is 12.0. The number of anilines is 2. The molecule has 4 nitrogen and oxygen atoms in total. The predicted octanol–water partition coefficient (Wildman–Crippen LogP) is 2.57. The molecule has 1 fully saturated rings. The summed E-state index contributed by atoms with van der Waals surface area (Å²) < 4.78 is 0. The molecule has 3 N–H and O–H groups in total. The summed E-state index contributed by atoms with van der Waals surface area (Å²) in [6, 6.07) is 7.95. The summed E-state index contributed by atoms with van der Waals surface area (Å²) in [6.07, 6.45) is 3.13. The van der Waals surface area contributed by atoms with Crippen LogP contribution in [0.15, 0.2) is 30.5 Å². The Hall–Kier alpha value is -1.81. The second-order valence-corrected chi connectivity index (χ2v) is 5.56. The Morgan fingerprint density at radius 1 is 1.40 bits per heavy atom. The third-order valence-corrected chi connectivity index (χ3v) is 4.17. The number of hydrogen-bond acceptors (Lipinski definition) is 4. The number of rotatable bonds is 4. The number of fused-ring (bicyclic) bond motifs is 1. The van der Waals surface area contributed by atoms with E-state index in [1.165, 1.54) is 19.5 Å². The van der Waals surface area contributed by atoms with Gasteiger partial charge in [-0.1, -0.05) is 6.92 Å². The topological polar surface area (TPSA) is 54.2 Å². The third-order valence-electron chi connectivity index (χ3n) is 4.17. The average molecular weight is 270 g/mol. The highest BCUT2D eigenvalue weighted by atomic mass is 15.1. The van der Waals surface area contributed by atoms with Gasteiger partial charge in [-0.05, 0) is 49.7 Å². The fourth-order valence-corrected chi connectivity index (χ4v) is 2.94. The highest BCUT2D eigenvalue weighted by Gasteiger charge is 2.20. The highest BCUT2D eigenvalue weighted by Crippen LogP contribution is 2.24. The van der Waals surface area contributed by atoms with Crippen molar-refractivity contribution >= 4 is 22.3 Å². The van der Waals surface area contributed by atoms with Crippen molar-refractivity contribution in [3.63, 3.8) is 0 Å². The molecule has 2 aromatic rings. The monoisotopic (exact) mass is 270 g/mol. The molecule has 0 aliphatic carbocycles. The number of hydrogen-bond donors (Lipinski definition) is 2. The van der Waals surface area contributed by atoms with E-state index in [2.05, 4.69) is 22.1 Å². The Morgan fingerprint density at radius 2 is 2.30 bits per heavy atom. The second kappa shape index (κ2) is 5.67. The second-order valence-electron chi connectivity index (χ2n) is 5.56. The van der Waals surface area contributed by atoms with Gasteiger partial charge in [-0.3, -0.25) is 4.98 Å². The molecule has 1 aromatic carbocycles. The number of pyridine rings is 1. The van der Waals surface area contributed by atoms with Crippen molar-refractivity contribution in [3.05, 3.63) is 30.5 Å². The average Bonchev–Trinajstić information content (AvgIpc) is 2.92. The van der Waals surface area contributed by atoms with E-state index in [4.69, 9.17) is 5.73 Å². The van der Waals surface area contributed by atoms with Crippen molar-refractivity contribution in [2.45, 2.75) is 13.3 Å². The highest BCUT2D eigenvalue weighted by molar-refractivity contribution is 5.92. The van der Waals surface area contributed by atoms with Gasteiger partial charge in [0.05, 0.1) is 5.52 Å². The van der Waals surface area contributed by atoms with Crippen LogP contribution in [0, 0.1) is 5.92 Å². The smallest absolute Gasteiger partial charge is 0.0743 e. The minimum absolute atomic E-state index is 0.743. The molecule has 0 radical (unpaired) electrons. The van der Waals surface area contributed by atoms with E-state index < -0.39 is 0 Å². The number of nitrogens with zero attached hydrogens (tertiary/aromatic N) is 2. The largest absolute Gasteiger partial charge is 0.399 e. The fraction of sp³-hybridized carbons (Fsp3) is 0.438. The molecule has 1 atom stereocenters. The first kappa shape index (κ1) is 13.2. The standard InChI is InChI=1S/C16H22N4/c1-2-20-8-6-12(11-20)10-19-15-5-7-18-16-9-13(17)3-4-14(15)16/h3-5,7,9,12H,2,6,8,10-11,17H2,1H3,(H,18,19). The van der Waals surface area contributed by atoms with Crippen molar-refractivity contribution in [1.29, 1.82) is 0 Å². The first-order valence-electron chi connectivity index (χ1n) is 7.36. The van der Waals surface area contributed by atoms with E-state index in [0.29, 0.717) is 0 Å². The van der Waals surface area contributed by atoms with Gasteiger partial charge in [0.15, 0.2) is 0 Å². The molecule has 1 saturated heterocycles. The number of likely N-dealkylation sites (tertiary alicyclic amines) is 1. The zero-order valence-electron chi connectivity index (χ0n) is 12.0. The minimum Gasteiger partial charge on any atom is -0.399 e. The van der Waals surface area contributed by atoms with E-state index in [-0.39, 0.29) is 0 Å². The van der Waals surface area contributed by atoms with Crippen LogP contribution in [-0.2, 0) is 0 Å². The maximum Gasteiger partial charge on any atom is 0.0743 e. The van der Waals surface area contributed by atoms with Crippen molar-refractivity contribution in [2.75, 3.05) is 37.2 Å². The van der Waals surface area contributed by atoms with Gasteiger partial charge in [0.2, 0.25) is 0 Å². The minimum atomic E-state index is 0.743. The molecule has 106 valence electrons. The molecule has 20 heavy (non-hydrogen) atoms. The van der Waals surface area contributed by atoms with Crippen LogP contribution < -0.4 is 11.1 Å². The molecule has 0 amide bonds. The van der Waals surface area contributed by atoms with E-state index in [1.807, 2.05) is 30.5 Å². The van der Waals surface area contributed by atoms with Gasteiger partial charge in [0.1, 0.15) is 0 Å². The van der Waals surface area contributed by atoms with Gasteiger partial charge in [-0.25, -0.2) is 0 Å². The molecule has 0 saturated carbocycles. The summed E-state index contributed by atoms with van der Waals surface area (Å²) in [5.74, 6) is 0.743. The molecule has 3 rings (SSSR count). The van der Waals surface area contributed by atoms with Crippen LogP contribution in [0.1, 0.15) is 13.3 Å². The lowest BCUT2D eigenvalue weighted by atomic mass is 10.1. The number of nitrogen functional groups attached to an aromatic ring is 1. The molecular weight excluding hydrogens is 248 g/mol. The SMILES string of the molecule is CCN1CCC(CNc2ccnc3cc(N)ccc23)C1. The summed E-state index contributed by atoms with van der Waals surface area (Å²) >= 11 is 0. The Morgan fingerprint density at radius 3 is 3.10 bits per heavy atom. The molecule has 0 spiro atoms. The molecule has 2 heterocycles. The van der Waals surface area contributed by atoms with E-state index >= 15 is 0 Å². The molecular formula is C16H22N4. The summed E-state index contributed by atoms with van der Waals surface area (Å²) in [7, 11) is 0. The number of nitrogens with two attached hydrogens (primary N) is 1. The summed E-state index contributed by atoms with van der Waals surface area (Å²) in [5.41, 5.74) is 8.69. The first-order chi connectivity index (χ1) is 9.76. The van der Waals surface area contributed by atoms with Gasteiger partial charge in [0, 0.05) is 36.0 Å². The third kappa shape index (κ3) is 2.70. The Bertz CT molecular complexity index is 596. The lowest BCUT2D eigenvalue weighted by Gasteiger charge is -2.15. The Kier molecular flexibility index (Phi) is 3.74. The lowest BCUT2D eigenvalue weighted by molar-refractivity contribution is 0.345. The maximum atomic E-state index is 5.81. The van der Waals surface area contributed by atoms with Crippen LogP contribution in [-0.4, -0.2) is 36.1 Å². The van der Waals surface area contributed by atoms with Crippen LogP contribution in [0.3, 0.4) is 0 Å².